The van der Waals surface area contributed by atoms with Gasteiger partial charge in [-0.2, -0.15) is 0 Å². The topological polar surface area (TPSA) is 0 Å². The van der Waals surface area contributed by atoms with Crippen LogP contribution in [0.2, 0.25) is 0 Å². The average Bonchev–Trinajstić information content (AvgIpc) is 3.32. The van der Waals surface area contributed by atoms with Crippen molar-refractivity contribution in [1.29, 1.82) is 0 Å². The highest BCUT2D eigenvalue weighted by molar-refractivity contribution is 7.91. The van der Waals surface area contributed by atoms with Gasteiger partial charge in [0, 0.05) is 0 Å². The molecular formula is C29H24P2. The average molecular weight is 434 g/mol. The van der Waals surface area contributed by atoms with Crippen LogP contribution < -0.4 is 21.2 Å². The highest BCUT2D eigenvalue weighted by atomic mass is 31.2. The molecular weight excluding hydrogens is 410 g/mol. The summed E-state index contributed by atoms with van der Waals surface area (Å²) in [5, 5.41) is 5.66. The van der Waals surface area contributed by atoms with Gasteiger partial charge < -0.3 is 0 Å². The minimum atomic E-state index is -0.668. The van der Waals surface area contributed by atoms with Crippen LogP contribution in [0, 0.1) is 0 Å². The van der Waals surface area contributed by atoms with Crippen molar-refractivity contribution in [3.8, 4) is 0 Å². The Kier molecular flexibility index (Phi) is 5.95. The van der Waals surface area contributed by atoms with E-state index in [2.05, 4.69) is 146 Å². The number of hydrogen-bond donors (Lipinski definition) is 0. The van der Waals surface area contributed by atoms with Gasteiger partial charge in [0.15, 0.2) is 0 Å². The van der Waals surface area contributed by atoms with Crippen molar-refractivity contribution in [2.45, 2.75) is 4.90 Å². The molecule has 0 amide bonds. The monoisotopic (exact) mass is 434 g/mol. The van der Waals surface area contributed by atoms with Crippen molar-refractivity contribution in [3.05, 3.63) is 146 Å². The Morgan fingerprint density at radius 2 is 0.613 bits per heavy atom. The maximum atomic E-state index is 2.48. The quantitative estimate of drug-likeness (QED) is 0.323. The molecule has 0 heterocycles. The standard InChI is InChI=1S/C29H24P2/c1-5-15-25(16-6-1)30(26-17-7-2-8-18-26)29(23-13-14-24-29)31(27-19-9-3-10-20-27)28-21-11-4-12-22-28/h1-24H. The van der Waals surface area contributed by atoms with Gasteiger partial charge in [0.25, 0.3) is 0 Å². The third-order valence-electron chi connectivity index (χ3n) is 5.57. The molecule has 0 saturated heterocycles. The first kappa shape index (κ1) is 20.1. The normalized spacial score (nSPS) is 14.4. The first-order valence-electron chi connectivity index (χ1n) is 10.6. The summed E-state index contributed by atoms with van der Waals surface area (Å²) in [4.78, 5) is -0.0872. The fraction of sp³-hybridized carbons (Fsp3) is 0.0345. The maximum absolute atomic E-state index is 2.48. The van der Waals surface area contributed by atoms with E-state index >= 15 is 0 Å². The van der Waals surface area contributed by atoms with Crippen LogP contribution in [0.4, 0.5) is 0 Å². The van der Waals surface area contributed by atoms with Crippen molar-refractivity contribution >= 4 is 37.1 Å². The molecule has 150 valence electrons. The molecule has 0 atom stereocenters. The summed E-state index contributed by atoms with van der Waals surface area (Å²) in [6.07, 6.45) is 9.46. The van der Waals surface area contributed by atoms with E-state index in [1.165, 1.54) is 21.2 Å². The predicted molar refractivity (Wildman–Crippen MR) is 139 cm³/mol. The van der Waals surface area contributed by atoms with E-state index in [1.807, 2.05) is 0 Å². The summed E-state index contributed by atoms with van der Waals surface area (Å²) in [7, 11) is -1.34. The van der Waals surface area contributed by atoms with E-state index < -0.39 is 15.8 Å². The van der Waals surface area contributed by atoms with Gasteiger partial charge in [-0.15, -0.1) is 0 Å². The van der Waals surface area contributed by atoms with Crippen LogP contribution in [0.25, 0.3) is 0 Å². The summed E-state index contributed by atoms with van der Waals surface area (Å²) in [5.41, 5.74) is 0. The number of hydrogen-bond acceptors (Lipinski definition) is 0. The summed E-state index contributed by atoms with van der Waals surface area (Å²) >= 11 is 0. The summed E-state index contributed by atoms with van der Waals surface area (Å²) < 4.78 is 0. The summed E-state index contributed by atoms with van der Waals surface area (Å²) in [6.45, 7) is 0. The van der Waals surface area contributed by atoms with Gasteiger partial charge in [0.2, 0.25) is 0 Å². The Bertz CT molecular complexity index is 991. The van der Waals surface area contributed by atoms with Crippen molar-refractivity contribution in [1.82, 2.24) is 0 Å². The van der Waals surface area contributed by atoms with E-state index in [1.54, 1.807) is 0 Å². The third kappa shape index (κ3) is 3.95. The molecule has 1 aliphatic carbocycles. The van der Waals surface area contributed by atoms with Crippen LogP contribution in [-0.4, -0.2) is 4.90 Å². The third-order valence-corrected chi connectivity index (χ3v) is 12.1. The molecule has 4 aromatic rings. The van der Waals surface area contributed by atoms with Crippen LogP contribution >= 0.6 is 15.8 Å². The minimum Gasteiger partial charge on any atom is -0.0649 e. The van der Waals surface area contributed by atoms with Crippen molar-refractivity contribution in [2.75, 3.05) is 0 Å². The van der Waals surface area contributed by atoms with E-state index in [-0.39, 0.29) is 4.90 Å². The smallest absolute Gasteiger partial charge is 0.0629 e. The molecule has 0 fully saturated rings. The Morgan fingerprint density at radius 1 is 0.355 bits per heavy atom. The largest absolute Gasteiger partial charge is 0.0649 e. The lowest BCUT2D eigenvalue weighted by Crippen LogP contribution is -2.35. The molecule has 0 bridgehead atoms. The zero-order chi connectivity index (χ0) is 20.9. The van der Waals surface area contributed by atoms with Gasteiger partial charge in [-0.25, -0.2) is 0 Å². The lowest BCUT2D eigenvalue weighted by atomic mass is 10.4. The van der Waals surface area contributed by atoms with Gasteiger partial charge in [-0.05, 0) is 37.1 Å². The highest BCUT2D eigenvalue weighted by Gasteiger charge is 2.45. The lowest BCUT2D eigenvalue weighted by molar-refractivity contribution is 1.31. The number of allylic oxidation sites excluding steroid dienone is 4. The molecule has 0 aromatic heterocycles. The molecule has 0 saturated carbocycles. The van der Waals surface area contributed by atoms with Crippen LogP contribution in [0.15, 0.2) is 146 Å². The zero-order valence-electron chi connectivity index (χ0n) is 17.3. The van der Waals surface area contributed by atoms with Crippen LogP contribution in [0.5, 0.6) is 0 Å². The lowest BCUT2D eigenvalue weighted by Gasteiger charge is -2.43. The first-order chi connectivity index (χ1) is 15.4. The fourth-order valence-corrected chi connectivity index (χ4v) is 11.5. The van der Waals surface area contributed by atoms with E-state index in [9.17, 15) is 0 Å². The van der Waals surface area contributed by atoms with Gasteiger partial charge in [-0.3, -0.25) is 0 Å². The van der Waals surface area contributed by atoms with E-state index in [0.717, 1.165) is 0 Å². The van der Waals surface area contributed by atoms with Gasteiger partial charge >= 0.3 is 0 Å². The van der Waals surface area contributed by atoms with Crippen molar-refractivity contribution < 1.29 is 0 Å². The van der Waals surface area contributed by atoms with Gasteiger partial charge in [-0.1, -0.05) is 146 Å². The van der Waals surface area contributed by atoms with Gasteiger partial charge in [0.05, 0.1) is 4.90 Å². The molecule has 0 N–H and O–H groups in total. The number of benzene rings is 4. The molecule has 0 nitrogen and oxygen atoms in total. The van der Waals surface area contributed by atoms with E-state index in [4.69, 9.17) is 0 Å². The molecule has 4 aromatic carbocycles. The predicted octanol–water partition coefficient (Wildman–Crippen LogP) is 6.07. The molecule has 31 heavy (non-hydrogen) atoms. The number of rotatable bonds is 6. The van der Waals surface area contributed by atoms with Crippen molar-refractivity contribution in [2.24, 2.45) is 0 Å². The molecule has 0 aliphatic heterocycles. The Morgan fingerprint density at radius 3 is 0.871 bits per heavy atom. The van der Waals surface area contributed by atoms with Crippen LogP contribution in [0.3, 0.4) is 0 Å². The Labute approximate surface area is 187 Å². The fourth-order valence-electron chi connectivity index (χ4n) is 4.28. The highest BCUT2D eigenvalue weighted by Crippen LogP contribution is 2.67. The maximum Gasteiger partial charge on any atom is 0.0629 e. The Hall–Kier alpha value is -2.78. The molecule has 0 spiro atoms. The van der Waals surface area contributed by atoms with Crippen LogP contribution in [0.1, 0.15) is 0 Å². The molecule has 0 unspecified atom stereocenters. The molecule has 1 aliphatic rings. The minimum absolute atomic E-state index is 0.0872. The molecule has 0 radical (unpaired) electrons. The molecule has 2 heteroatoms. The van der Waals surface area contributed by atoms with Gasteiger partial charge in [0.1, 0.15) is 0 Å². The van der Waals surface area contributed by atoms with Crippen LogP contribution in [-0.2, 0) is 0 Å². The van der Waals surface area contributed by atoms with Crippen molar-refractivity contribution in [3.63, 3.8) is 0 Å². The Balaban J connectivity index is 1.79. The summed E-state index contributed by atoms with van der Waals surface area (Å²) in [5.74, 6) is 0. The second kappa shape index (κ2) is 9.15. The second-order valence-corrected chi connectivity index (χ2v) is 12.8. The zero-order valence-corrected chi connectivity index (χ0v) is 19.0. The first-order valence-corrected chi connectivity index (χ1v) is 13.2. The summed E-state index contributed by atoms with van der Waals surface area (Å²) in [6, 6.07) is 44.4. The SMILES string of the molecule is C1=CC(P(c2ccccc2)c2ccccc2)(P(c2ccccc2)c2ccccc2)C=C1. The second-order valence-electron chi connectivity index (χ2n) is 7.51. The molecule has 5 rings (SSSR count). The van der Waals surface area contributed by atoms with E-state index in [0.29, 0.717) is 0 Å².